The molecule has 0 aromatic carbocycles. The number of hydrogen-bond donors (Lipinski definition) is 2. The zero-order valence-electron chi connectivity index (χ0n) is 6.77. The molecule has 1 aliphatic rings. The van der Waals surface area contributed by atoms with Crippen LogP contribution >= 0.6 is 0 Å². The second-order valence-electron chi connectivity index (χ2n) is 3.16. The largest absolute Gasteiger partial charge is 0.327 e. The van der Waals surface area contributed by atoms with Crippen molar-refractivity contribution in [3.05, 3.63) is 0 Å². The van der Waals surface area contributed by atoms with Crippen LogP contribution in [0.15, 0.2) is 0 Å². The van der Waals surface area contributed by atoms with E-state index in [1.165, 1.54) is 19.3 Å². The molecular weight excluding hydrogens is 124 g/mol. The molecule has 0 unspecified atom stereocenters. The summed E-state index contributed by atoms with van der Waals surface area (Å²) in [6.07, 6.45) is 3.89. The number of hydrogen-bond acceptors (Lipinski definition) is 2. The standard InChI is InChI=1S/C8H18N2/c1-2-10-6-7-4-3-5-8(7)9/h7-8,10H,2-6,9H2,1H3/t7-,8+/m0/s1. The molecule has 0 spiro atoms. The molecule has 0 aromatic rings. The summed E-state index contributed by atoms with van der Waals surface area (Å²) < 4.78 is 0. The van der Waals surface area contributed by atoms with Crippen molar-refractivity contribution >= 4 is 0 Å². The quantitative estimate of drug-likeness (QED) is 0.609. The molecule has 1 fully saturated rings. The third-order valence-corrected chi connectivity index (χ3v) is 2.37. The third kappa shape index (κ3) is 1.96. The molecule has 2 nitrogen and oxygen atoms in total. The van der Waals surface area contributed by atoms with Gasteiger partial charge < -0.3 is 11.1 Å². The van der Waals surface area contributed by atoms with Gasteiger partial charge in [0.25, 0.3) is 0 Å². The Morgan fingerprint density at radius 1 is 1.50 bits per heavy atom. The van der Waals surface area contributed by atoms with E-state index in [0.29, 0.717) is 6.04 Å². The lowest BCUT2D eigenvalue weighted by Crippen LogP contribution is -2.32. The van der Waals surface area contributed by atoms with Gasteiger partial charge in [-0.25, -0.2) is 0 Å². The maximum absolute atomic E-state index is 5.88. The molecule has 0 bridgehead atoms. The van der Waals surface area contributed by atoms with Gasteiger partial charge in [0.05, 0.1) is 0 Å². The Hall–Kier alpha value is -0.0800. The van der Waals surface area contributed by atoms with E-state index in [9.17, 15) is 0 Å². The molecule has 0 saturated heterocycles. The van der Waals surface area contributed by atoms with Crippen molar-refractivity contribution in [2.45, 2.75) is 32.2 Å². The average molecular weight is 142 g/mol. The van der Waals surface area contributed by atoms with Crippen molar-refractivity contribution in [2.24, 2.45) is 11.7 Å². The fourth-order valence-corrected chi connectivity index (χ4v) is 1.65. The minimum Gasteiger partial charge on any atom is -0.327 e. The van der Waals surface area contributed by atoms with Crippen LogP contribution in [0.5, 0.6) is 0 Å². The monoisotopic (exact) mass is 142 g/mol. The summed E-state index contributed by atoms with van der Waals surface area (Å²) >= 11 is 0. The predicted molar refractivity (Wildman–Crippen MR) is 43.9 cm³/mol. The normalized spacial score (nSPS) is 33.0. The van der Waals surface area contributed by atoms with Crippen molar-refractivity contribution in [1.29, 1.82) is 0 Å². The molecule has 0 aliphatic heterocycles. The van der Waals surface area contributed by atoms with Crippen LogP contribution in [0, 0.1) is 5.92 Å². The van der Waals surface area contributed by atoms with Gasteiger partial charge >= 0.3 is 0 Å². The molecule has 60 valence electrons. The lowest BCUT2D eigenvalue weighted by Gasteiger charge is -2.14. The summed E-state index contributed by atoms with van der Waals surface area (Å²) in [7, 11) is 0. The second-order valence-corrected chi connectivity index (χ2v) is 3.16. The van der Waals surface area contributed by atoms with Crippen LogP contribution in [0.3, 0.4) is 0 Å². The van der Waals surface area contributed by atoms with Crippen LogP contribution in [-0.2, 0) is 0 Å². The smallest absolute Gasteiger partial charge is 0.00792 e. The molecule has 0 heterocycles. The Bertz CT molecular complexity index is 93.3. The highest BCUT2D eigenvalue weighted by Gasteiger charge is 2.22. The van der Waals surface area contributed by atoms with Crippen molar-refractivity contribution in [3.8, 4) is 0 Å². The van der Waals surface area contributed by atoms with Gasteiger partial charge in [-0.05, 0) is 31.8 Å². The van der Waals surface area contributed by atoms with Gasteiger partial charge in [0.2, 0.25) is 0 Å². The lowest BCUT2D eigenvalue weighted by molar-refractivity contribution is 0.448. The van der Waals surface area contributed by atoms with Crippen molar-refractivity contribution in [2.75, 3.05) is 13.1 Å². The van der Waals surface area contributed by atoms with Crippen LogP contribution in [0.2, 0.25) is 0 Å². The number of rotatable bonds is 3. The third-order valence-electron chi connectivity index (χ3n) is 2.37. The van der Waals surface area contributed by atoms with E-state index >= 15 is 0 Å². The van der Waals surface area contributed by atoms with E-state index in [-0.39, 0.29) is 0 Å². The fourth-order valence-electron chi connectivity index (χ4n) is 1.65. The minimum absolute atomic E-state index is 0.471. The summed E-state index contributed by atoms with van der Waals surface area (Å²) in [5.74, 6) is 0.750. The van der Waals surface area contributed by atoms with Crippen LogP contribution < -0.4 is 11.1 Å². The van der Waals surface area contributed by atoms with Crippen molar-refractivity contribution < 1.29 is 0 Å². The van der Waals surface area contributed by atoms with E-state index in [1.807, 2.05) is 0 Å². The van der Waals surface area contributed by atoms with E-state index in [2.05, 4.69) is 12.2 Å². The van der Waals surface area contributed by atoms with Crippen LogP contribution in [0.25, 0.3) is 0 Å². The van der Waals surface area contributed by atoms with Crippen LogP contribution in [0.1, 0.15) is 26.2 Å². The molecule has 2 heteroatoms. The maximum Gasteiger partial charge on any atom is 0.00792 e. The Balaban J connectivity index is 2.14. The van der Waals surface area contributed by atoms with Crippen molar-refractivity contribution in [1.82, 2.24) is 5.32 Å². The molecule has 2 atom stereocenters. The van der Waals surface area contributed by atoms with Gasteiger partial charge in [0.1, 0.15) is 0 Å². The maximum atomic E-state index is 5.88. The predicted octanol–water partition coefficient (Wildman–Crippen LogP) is 0.723. The van der Waals surface area contributed by atoms with Crippen LogP contribution in [-0.4, -0.2) is 19.1 Å². The lowest BCUT2D eigenvalue weighted by atomic mass is 10.1. The zero-order valence-corrected chi connectivity index (χ0v) is 6.77. The average Bonchev–Trinajstić information content (AvgIpc) is 2.31. The van der Waals surface area contributed by atoms with E-state index in [1.54, 1.807) is 0 Å². The first-order chi connectivity index (χ1) is 4.84. The van der Waals surface area contributed by atoms with Gasteiger partial charge in [0.15, 0.2) is 0 Å². The molecule has 3 N–H and O–H groups in total. The van der Waals surface area contributed by atoms with E-state index in [4.69, 9.17) is 5.73 Å². The molecule has 1 aliphatic carbocycles. The van der Waals surface area contributed by atoms with E-state index in [0.717, 1.165) is 19.0 Å². The van der Waals surface area contributed by atoms with Gasteiger partial charge in [-0.1, -0.05) is 13.3 Å². The van der Waals surface area contributed by atoms with Gasteiger partial charge in [-0.3, -0.25) is 0 Å². The first-order valence-electron chi connectivity index (χ1n) is 4.31. The first kappa shape index (κ1) is 8.02. The SMILES string of the molecule is CCNC[C@@H]1CCC[C@H]1N. The highest BCUT2D eigenvalue weighted by molar-refractivity contribution is 4.81. The molecular formula is C8H18N2. The summed E-state index contributed by atoms with van der Waals surface area (Å²) in [6.45, 7) is 4.33. The molecule has 1 saturated carbocycles. The molecule has 0 amide bonds. The minimum atomic E-state index is 0.471. The Labute approximate surface area is 63.2 Å². The summed E-state index contributed by atoms with van der Waals surface area (Å²) in [6, 6.07) is 0.471. The summed E-state index contributed by atoms with van der Waals surface area (Å²) in [4.78, 5) is 0. The topological polar surface area (TPSA) is 38.0 Å². The Morgan fingerprint density at radius 2 is 2.30 bits per heavy atom. The van der Waals surface area contributed by atoms with Gasteiger partial charge in [0, 0.05) is 6.04 Å². The molecule has 10 heavy (non-hydrogen) atoms. The second kappa shape index (κ2) is 3.94. The van der Waals surface area contributed by atoms with Crippen LogP contribution in [0.4, 0.5) is 0 Å². The highest BCUT2D eigenvalue weighted by atomic mass is 14.9. The molecule has 1 rings (SSSR count). The number of nitrogens with one attached hydrogen (secondary N) is 1. The van der Waals surface area contributed by atoms with Gasteiger partial charge in [-0.2, -0.15) is 0 Å². The zero-order chi connectivity index (χ0) is 7.40. The summed E-state index contributed by atoms with van der Waals surface area (Å²) in [5, 5.41) is 3.34. The molecule has 0 aromatic heterocycles. The highest BCUT2D eigenvalue weighted by Crippen LogP contribution is 2.22. The Kier molecular flexibility index (Phi) is 3.16. The first-order valence-corrected chi connectivity index (χ1v) is 4.31. The molecule has 0 radical (unpaired) electrons. The summed E-state index contributed by atoms with van der Waals surface area (Å²) in [5.41, 5.74) is 5.88. The Morgan fingerprint density at radius 3 is 2.80 bits per heavy atom. The fraction of sp³-hybridized carbons (Fsp3) is 1.00. The van der Waals surface area contributed by atoms with E-state index < -0.39 is 0 Å². The van der Waals surface area contributed by atoms with Gasteiger partial charge in [-0.15, -0.1) is 0 Å². The van der Waals surface area contributed by atoms with Crippen molar-refractivity contribution in [3.63, 3.8) is 0 Å². The number of nitrogens with two attached hydrogens (primary N) is 1.